The van der Waals surface area contributed by atoms with E-state index in [9.17, 15) is 9.59 Å². The normalized spacial score (nSPS) is 11.6. The zero-order valence-electron chi connectivity index (χ0n) is 10.6. The van der Waals surface area contributed by atoms with Crippen molar-refractivity contribution in [1.82, 2.24) is 5.32 Å². The van der Waals surface area contributed by atoms with Crippen LogP contribution in [0.15, 0.2) is 41.4 Å². The van der Waals surface area contributed by atoms with Crippen LogP contribution in [0.1, 0.15) is 18.4 Å². The van der Waals surface area contributed by atoms with E-state index in [-0.39, 0.29) is 5.91 Å². The van der Waals surface area contributed by atoms with Crippen LogP contribution in [0.25, 0.3) is 0 Å². The number of carbonyl (C=O) groups excluding carboxylic acids is 2. The second-order valence-corrected chi connectivity index (χ2v) is 5.35. The molecule has 0 aromatic heterocycles. The second-order valence-electron chi connectivity index (χ2n) is 4.23. The Morgan fingerprint density at radius 2 is 1.95 bits per heavy atom. The largest absolute Gasteiger partial charge is 0.368 e. The monoisotopic (exact) mass is 324 g/mol. The fourth-order valence-corrected chi connectivity index (χ4v) is 1.94. The molecule has 1 aromatic carbocycles. The molecular weight excluding hydrogens is 308 g/mol. The third kappa shape index (κ3) is 6.20. The van der Waals surface area contributed by atoms with E-state index in [0.717, 1.165) is 5.56 Å². The minimum Gasteiger partial charge on any atom is -0.368 e. The summed E-state index contributed by atoms with van der Waals surface area (Å²) in [6.45, 7) is 3.64. The van der Waals surface area contributed by atoms with E-state index in [1.54, 1.807) is 0 Å². The minimum absolute atomic E-state index is 0.193. The summed E-state index contributed by atoms with van der Waals surface area (Å²) >= 11 is 3.16. The van der Waals surface area contributed by atoms with Crippen LogP contribution in [-0.2, 0) is 16.0 Å². The zero-order chi connectivity index (χ0) is 14.3. The van der Waals surface area contributed by atoms with Gasteiger partial charge in [0.25, 0.3) is 0 Å². The number of amides is 2. The summed E-state index contributed by atoms with van der Waals surface area (Å²) in [6.07, 6.45) is 1.25. The predicted octanol–water partition coefficient (Wildman–Crippen LogP) is 1.89. The van der Waals surface area contributed by atoms with Gasteiger partial charge in [0.1, 0.15) is 6.04 Å². The Balaban J connectivity index is 2.45. The molecule has 5 heteroatoms. The summed E-state index contributed by atoms with van der Waals surface area (Å²) < 4.78 is 0.625. The first kappa shape index (κ1) is 15.4. The van der Waals surface area contributed by atoms with Crippen LogP contribution < -0.4 is 11.1 Å². The van der Waals surface area contributed by atoms with Gasteiger partial charge in [0.05, 0.1) is 0 Å². The summed E-state index contributed by atoms with van der Waals surface area (Å²) in [4.78, 5) is 22.9. The zero-order valence-corrected chi connectivity index (χ0v) is 12.2. The molecule has 1 atom stereocenters. The topological polar surface area (TPSA) is 72.2 Å². The van der Waals surface area contributed by atoms with Crippen molar-refractivity contribution in [2.75, 3.05) is 0 Å². The summed E-state index contributed by atoms with van der Waals surface area (Å²) in [5.41, 5.74) is 6.31. The third-order valence-corrected chi connectivity index (χ3v) is 2.91. The number of carbonyl (C=O) groups is 2. The molecule has 0 radical (unpaired) electrons. The molecule has 102 valence electrons. The van der Waals surface area contributed by atoms with Crippen molar-refractivity contribution >= 4 is 27.7 Å². The van der Waals surface area contributed by atoms with Crippen LogP contribution in [0.5, 0.6) is 0 Å². The molecule has 0 saturated heterocycles. The van der Waals surface area contributed by atoms with Crippen LogP contribution in [0.2, 0.25) is 0 Å². The molecule has 0 bridgehead atoms. The number of hydrogen-bond acceptors (Lipinski definition) is 2. The fourth-order valence-electron chi connectivity index (χ4n) is 1.61. The third-order valence-electron chi connectivity index (χ3n) is 2.59. The number of hydrogen-bond donors (Lipinski definition) is 2. The number of nitrogens with two attached hydrogens (primary N) is 1. The number of aryl methyl sites for hydroxylation is 1. The van der Waals surface area contributed by atoms with Gasteiger partial charge in [0, 0.05) is 12.8 Å². The van der Waals surface area contributed by atoms with E-state index in [1.807, 2.05) is 30.3 Å². The molecule has 0 saturated carbocycles. The number of rotatable bonds is 7. The Kier molecular flexibility index (Phi) is 6.29. The van der Waals surface area contributed by atoms with Gasteiger partial charge in [-0.25, -0.2) is 0 Å². The maximum absolute atomic E-state index is 11.7. The molecule has 4 nitrogen and oxygen atoms in total. The average Bonchev–Trinajstić information content (AvgIpc) is 2.36. The smallest absolute Gasteiger partial charge is 0.240 e. The Hall–Kier alpha value is -1.62. The van der Waals surface area contributed by atoms with Crippen LogP contribution in [0, 0.1) is 0 Å². The Labute approximate surface area is 121 Å². The number of halogens is 1. The van der Waals surface area contributed by atoms with Gasteiger partial charge in [-0.05, 0) is 16.5 Å². The molecule has 0 heterocycles. The molecule has 0 aliphatic carbocycles. The maximum Gasteiger partial charge on any atom is 0.240 e. The predicted molar refractivity (Wildman–Crippen MR) is 78.6 cm³/mol. The summed E-state index contributed by atoms with van der Waals surface area (Å²) in [5, 5.41) is 2.61. The van der Waals surface area contributed by atoms with E-state index < -0.39 is 11.9 Å². The van der Waals surface area contributed by atoms with Gasteiger partial charge < -0.3 is 11.1 Å². The van der Waals surface area contributed by atoms with Crippen LogP contribution >= 0.6 is 15.9 Å². The van der Waals surface area contributed by atoms with Gasteiger partial charge >= 0.3 is 0 Å². The van der Waals surface area contributed by atoms with Crippen molar-refractivity contribution in [2.24, 2.45) is 5.73 Å². The van der Waals surface area contributed by atoms with Gasteiger partial charge in [0.15, 0.2) is 0 Å². The Morgan fingerprint density at radius 1 is 1.32 bits per heavy atom. The standard InChI is InChI=1S/C14H17BrN2O2/c1-10(15)9-12(14(16)19)17-13(18)8-7-11-5-3-2-4-6-11/h2-6,12H,1,7-9H2,(H2,16,19)(H,17,18)/t12-/m1/s1. The lowest BCUT2D eigenvalue weighted by molar-refractivity contribution is -0.127. The number of benzene rings is 1. The Bertz CT molecular complexity index is 460. The first-order valence-corrected chi connectivity index (χ1v) is 6.74. The molecule has 2 amide bonds. The molecule has 3 N–H and O–H groups in total. The lowest BCUT2D eigenvalue weighted by atomic mass is 10.1. The quantitative estimate of drug-likeness (QED) is 0.803. The molecule has 0 fully saturated rings. The highest BCUT2D eigenvalue weighted by Gasteiger charge is 2.18. The molecule has 0 aliphatic rings. The first-order valence-electron chi connectivity index (χ1n) is 5.95. The van der Waals surface area contributed by atoms with Crippen molar-refractivity contribution in [3.8, 4) is 0 Å². The van der Waals surface area contributed by atoms with E-state index in [0.29, 0.717) is 23.7 Å². The minimum atomic E-state index is -0.713. The summed E-state index contributed by atoms with van der Waals surface area (Å²) in [6, 6.07) is 8.98. The molecule has 19 heavy (non-hydrogen) atoms. The van der Waals surface area contributed by atoms with Gasteiger partial charge in [-0.3, -0.25) is 9.59 Å². The van der Waals surface area contributed by atoms with E-state index in [1.165, 1.54) is 0 Å². The second kappa shape index (κ2) is 7.74. The highest BCUT2D eigenvalue weighted by Crippen LogP contribution is 2.10. The molecule has 0 aliphatic heterocycles. The number of primary amides is 1. The van der Waals surface area contributed by atoms with E-state index >= 15 is 0 Å². The fraction of sp³-hybridized carbons (Fsp3) is 0.286. The van der Waals surface area contributed by atoms with Gasteiger partial charge in [0.2, 0.25) is 11.8 Å². The lowest BCUT2D eigenvalue weighted by Gasteiger charge is -2.14. The van der Waals surface area contributed by atoms with Crippen molar-refractivity contribution < 1.29 is 9.59 Å². The van der Waals surface area contributed by atoms with Gasteiger partial charge in [-0.1, -0.05) is 52.8 Å². The number of nitrogens with one attached hydrogen (secondary N) is 1. The molecule has 0 unspecified atom stereocenters. The van der Waals surface area contributed by atoms with Crippen LogP contribution in [0.4, 0.5) is 0 Å². The average molecular weight is 325 g/mol. The van der Waals surface area contributed by atoms with Crippen molar-refractivity contribution in [3.63, 3.8) is 0 Å². The lowest BCUT2D eigenvalue weighted by Crippen LogP contribution is -2.44. The van der Waals surface area contributed by atoms with Crippen LogP contribution in [-0.4, -0.2) is 17.9 Å². The molecule has 1 rings (SSSR count). The first-order chi connectivity index (χ1) is 8.99. The van der Waals surface area contributed by atoms with E-state index in [4.69, 9.17) is 5.73 Å². The van der Waals surface area contributed by atoms with Crippen LogP contribution in [0.3, 0.4) is 0 Å². The summed E-state index contributed by atoms with van der Waals surface area (Å²) in [7, 11) is 0. The van der Waals surface area contributed by atoms with E-state index in [2.05, 4.69) is 27.8 Å². The van der Waals surface area contributed by atoms with Gasteiger partial charge in [-0.2, -0.15) is 0 Å². The molecule has 0 spiro atoms. The summed E-state index contributed by atoms with van der Waals surface area (Å²) in [5.74, 6) is -0.755. The highest BCUT2D eigenvalue weighted by atomic mass is 79.9. The molecular formula is C14H17BrN2O2. The maximum atomic E-state index is 11.7. The van der Waals surface area contributed by atoms with Crippen molar-refractivity contribution in [3.05, 3.63) is 47.0 Å². The SMILES string of the molecule is C=C(Br)C[C@@H](NC(=O)CCc1ccccc1)C(N)=O. The van der Waals surface area contributed by atoms with Crippen molar-refractivity contribution in [1.29, 1.82) is 0 Å². The molecule has 1 aromatic rings. The highest BCUT2D eigenvalue weighted by molar-refractivity contribution is 9.11. The van der Waals surface area contributed by atoms with Gasteiger partial charge in [-0.15, -0.1) is 0 Å². The van der Waals surface area contributed by atoms with Crippen molar-refractivity contribution in [2.45, 2.75) is 25.3 Å². The Morgan fingerprint density at radius 3 is 2.47 bits per heavy atom.